The van der Waals surface area contributed by atoms with Crippen LogP contribution in [0.15, 0.2) is 41.2 Å². The highest BCUT2D eigenvalue weighted by molar-refractivity contribution is 9.38. The van der Waals surface area contributed by atoms with Crippen LogP contribution in [0.5, 0.6) is 0 Å². The van der Waals surface area contributed by atoms with Crippen LogP contribution in [0.3, 0.4) is 0 Å². The third-order valence-electron chi connectivity index (χ3n) is 2.41. The molecule has 2 aromatic rings. The molecule has 1 aromatic carbocycles. The molecule has 2 rings (SSSR count). The zero-order valence-electron chi connectivity index (χ0n) is 8.90. The van der Waals surface area contributed by atoms with Crippen molar-refractivity contribution in [1.29, 1.82) is 0 Å². The number of hydrogen-bond acceptors (Lipinski definition) is 1. The first-order valence-corrected chi connectivity index (χ1v) is 7.21. The Hall–Kier alpha value is -0.330. The molecule has 0 aliphatic rings. The molecule has 0 aliphatic carbocycles. The Bertz CT molecular complexity index is 581. The molecule has 0 radical (unpaired) electrons. The molecule has 0 fully saturated rings. The normalized spacial score (nSPS) is 11.8. The summed E-state index contributed by atoms with van der Waals surface area (Å²) in [7, 11) is 1.84. The highest BCUT2D eigenvalue weighted by atomic mass is 80.0. The van der Waals surface area contributed by atoms with Gasteiger partial charge in [0.25, 0.3) is 5.56 Å². The Labute approximate surface area is 124 Å². The van der Waals surface area contributed by atoms with E-state index in [4.69, 9.17) is 0 Å². The van der Waals surface area contributed by atoms with Crippen molar-refractivity contribution in [1.82, 2.24) is 9.36 Å². The second kappa shape index (κ2) is 4.74. The van der Waals surface area contributed by atoms with Crippen LogP contribution in [0.2, 0.25) is 0 Å². The fourth-order valence-corrected chi connectivity index (χ4v) is 2.78. The summed E-state index contributed by atoms with van der Waals surface area (Å²) < 4.78 is 2.80. The van der Waals surface area contributed by atoms with Gasteiger partial charge in [0.1, 0.15) is 0 Å². The fourth-order valence-electron chi connectivity index (χ4n) is 1.66. The third-order valence-corrected chi connectivity index (χ3v) is 3.63. The minimum Gasteiger partial charge on any atom is -0.282 e. The van der Waals surface area contributed by atoms with Crippen LogP contribution in [-0.2, 0) is 9.19 Å². The predicted molar refractivity (Wildman–Crippen MR) is 79.5 cm³/mol. The van der Waals surface area contributed by atoms with Crippen molar-refractivity contribution in [2.75, 3.05) is 0 Å². The Morgan fingerprint density at radius 1 is 1.12 bits per heavy atom. The van der Waals surface area contributed by atoms with Crippen molar-refractivity contribution in [3.63, 3.8) is 0 Å². The van der Waals surface area contributed by atoms with E-state index < -0.39 is 2.14 Å². The van der Waals surface area contributed by atoms with Crippen LogP contribution < -0.4 is 5.56 Å². The van der Waals surface area contributed by atoms with Crippen LogP contribution in [0, 0.1) is 0 Å². The van der Waals surface area contributed by atoms with Crippen LogP contribution >= 0.6 is 47.8 Å². The first-order chi connectivity index (χ1) is 7.91. The summed E-state index contributed by atoms with van der Waals surface area (Å²) >= 11 is 10.3. The molecule has 0 atom stereocenters. The summed E-state index contributed by atoms with van der Waals surface area (Å²) in [5, 5.41) is 0. The standard InChI is InChI=1S/C11H9Br3N2O/c1-15-9(11(12,13)14)7-10(17)16(15)8-5-3-2-4-6-8/h2-7H,1H3. The van der Waals surface area contributed by atoms with E-state index in [9.17, 15) is 4.79 Å². The average molecular weight is 425 g/mol. The van der Waals surface area contributed by atoms with Crippen LogP contribution in [0.1, 0.15) is 5.69 Å². The topological polar surface area (TPSA) is 26.9 Å². The van der Waals surface area contributed by atoms with Crippen LogP contribution in [-0.4, -0.2) is 9.36 Å². The number of aromatic nitrogens is 2. The number of halogens is 3. The summed E-state index contributed by atoms with van der Waals surface area (Å²) in [5.74, 6) is 0. The Kier molecular flexibility index (Phi) is 3.66. The lowest BCUT2D eigenvalue weighted by atomic mass is 10.3. The van der Waals surface area contributed by atoms with Gasteiger partial charge in [0.15, 0.2) is 2.14 Å². The van der Waals surface area contributed by atoms with Gasteiger partial charge >= 0.3 is 0 Å². The molecule has 6 heteroatoms. The van der Waals surface area contributed by atoms with Gasteiger partial charge in [-0.15, -0.1) is 0 Å². The second-order valence-electron chi connectivity index (χ2n) is 3.54. The lowest BCUT2D eigenvalue weighted by Crippen LogP contribution is -2.20. The molecule has 0 spiro atoms. The number of rotatable bonds is 1. The van der Waals surface area contributed by atoms with Gasteiger partial charge in [-0.05, 0) is 12.1 Å². The molecule has 0 aliphatic heterocycles. The first-order valence-electron chi connectivity index (χ1n) is 4.83. The first kappa shape index (κ1) is 13.1. The molecule has 1 aromatic heterocycles. The molecule has 1 heterocycles. The minimum absolute atomic E-state index is 0.0728. The van der Waals surface area contributed by atoms with Gasteiger partial charge in [0.2, 0.25) is 0 Å². The number of nitrogens with zero attached hydrogens (tertiary/aromatic N) is 2. The molecular weight excluding hydrogens is 416 g/mol. The van der Waals surface area contributed by atoms with Gasteiger partial charge in [-0.2, -0.15) is 0 Å². The maximum Gasteiger partial charge on any atom is 0.271 e. The molecule has 0 saturated carbocycles. The highest BCUT2D eigenvalue weighted by Crippen LogP contribution is 2.43. The number of alkyl halides is 3. The summed E-state index contributed by atoms with van der Waals surface area (Å²) in [6.45, 7) is 0. The smallest absolute Gasteiger partial charge is 0.271 e. The Balaban J connectivity index is 2.66. The fraction of sp³-hybridized carbons (Fsp3) is 0.182. The molecule has 0 saturated heterocycles. The van der Waals surface area contributed by atoms with E-state index in [1.54, 1.807) is 15.4 Å². The van der Waals surface area contributed by atoms with Gasteiger partial charge in [0.05, 0.1) is 11.4 Å². The van der Waals surface area contributed by atoms with E-state index in [-0.39, 0.29) is 5.56 Å². The molecule has 17 heavy (non-hydrogen) atoms. The second-order valence-corrected chi connectivity index (χ2v) is 10.3. The molecule has 90 valence electrons. The lowest BCUT2D eigenvalue weighted by molar-refractivity contribution is 0.625. The number of hydrogen-bond donors (Lipinski definition) is 0. The summed E-state index contributed by atoms with van der Waals surface area (Å²) in [6, 6.07) is 11.1. The predicted octanol–water partition coefficient (Wildman–Crippen LogP) is 3.47. The maximum absolute atomic E-state index is 12.0. The maximum atomic E-state index is 12.0. The largest absolute Gasteiger partial charge is 0.282 e. The molecule has 0 amide bonds. The van der Waals surface area contributed by atoms with Crippen molar-refractivity contribution in [2.24, 2.45) is 7.05 Å². The number of para-hydroxylation sites is 1. The minimum atomic E-state index is -0.596. The van der Waals surface area contributed by atoms with E-state index in [1.165, 1.54) is 0 Å². The third kappa shape index (κ3) is 2.58. The van der Waals surface area contributed by atoms with Crippen molar-refractivity contribution < 1.29 is 0 Å². The average Bonchev–Trinajstić information content (AvgIpc) is 2.55. The molecular formula is C11H9Br3N2O. The molecule has 0 bridgehead atoms. The van der Waals surface area contributed by atoms with Crippen LogP contribution in [0.25, 0.3) is 5.69 Å². The van der Waals surface area contributed by atoms with E-state index in [1.807, 2.05) is 37.4 Å². The zero-order chi connectivity index (χ0) is 12.6. The lowest BCUT2D eigenvalue weighted by Gasteiger charge is -2.15. The Morgan fingerprint density at radius 3 is 2.18 bits per heavy atom. The SMILES string of the molecule is Cn1c(C(Br)(Br)Br)cc(=O)n1-c1ccccc1. The van der Waals surface area contributed by atoms with E-state index in [0.717, 1.165) is 11.4 Å². The monoisotopic (exact) mass is 422 g/mol. The van der Waals surface area contributed by atoms with Crippen molar-refractivity contribution in [3.05, 3.63) is 52.4 Å². The molecule has 0 unspecified atom stereocenters. The van der Waals surface area contributed by atoms with Gasteiger partial charge in [-0.25, -0.2) is 4.68 Å². The van der Waals surface area contributed by atoms with Gasteiger partial charge < -0.3 is 0 Å². The van der Waals surface area contributed by atoms with E-state index >= 15 is 0 Å². The van der Waals surface area contributed by atoms with Gasteiger partial charge in [-0.3, -0.25) is 9.48 Å². The van der Waals surface area contributed by atoms with E-state index in [0.29, 0.717) is 0 Å². The molecule has 0 N–H and O–H groups in total. The highest BCUT2D eigenvalue weighted by Gasteiger charge is 2.26. The summed E-state index contributed by atoms with van der Waals surface area (Å²) in [4.78, 5) is 12.0. The zero-order valence-corrected chi connectivity index (χ0v) is 13.7. The Morgan fingerprint density at radius 2 is 1.71 bits per heavy atom. The summed E-state index contributed by atoms with van der Waals surface area (Å²) in [5.41, 5.74) is 1.55. The van der Waals surface area contributed by atoms with Gasteiger partial charge in [-0.1, -0.05) is 66.0 Å². The summed E-state index contributed by atoms with van der Waals surface area (Å²) in [6.07, 6.45) is 0. The quantitative estimate of drug-likeness (QED) is 0.644. The van der Waals surface area contributed by atoms with Crippen LogP contribution in [0.4, 0.5) is 0 Å². The van der Waals surface area contributed by atoms with Gasteiger partial charge in [0, 0.05) is 13.1 Å². The van der Waals surface area contributed by atoms with Crippen molar-refractivity contribution in [3.8, 4) is 5.69 Å². The van der Waals surface area contributed by atoms with E-state index in [2.05, 4.69) is 47.8 Å². The molecule has 3 nitrogen and oxygen atoms in total. The number of benzene rings is 1. The van der Waals surface area contributed by atoms with Crippen molar-refractivity contribution in [2.45, 2.75) is 2.14 Å². The van der Waals surface area contributed by atoms with Crippen molar-refractivity contribution >= 4 is 47.8 Å².